The van der Waals surface area contributed by atoms with Crippen LogP contribution in [0.25, 0.3) is 0 Å². The van der Waals surface area contributed by atoms with E-state index < -0.39 is 60.5 Å². The molecule has 9 nitrogen and oxygen atoms in total. The molecule has 0 radical (unpaired) electrons. The number of nitrogens with two attached hydrogens (primary N) is 2. The molecule has 0 saturated heterocycles. The summed E-state index contributed by atoms with van der Waals surface area (Å²) < 4.78 is 31.8. The SMILES string of the molecule is Nc1ccc(O)c2c1C(=O)c1c(N)cc(S(=O)(=O)O)c(O)c1C2=O. The summed E-state index contributed by atoms with van der Waals surface area (Å²) in [5.74, 6) is -3.60. The van der Waals surface area contributed by atoms with Crippen molar-refractivity contribution in [2.45, 2.75) is 4.90 Å². The molecule has 0 unspecified atom stereocenters. The van der Waals surface area contributed by atoms with Crippen LogP contribution in [0.5, 0.6) is 11.5 Å². The van der Waals surface area contributed by atoms with Gasteiger partial charge in [-0.1, -0.05) is 0 Å². The molecule has 0 atom stereocenters. The molecule has 1 aliphatic carbocycles. The van der Waals surface area contributed by atoms with Crippen molar-refractivity contribution in [3.63, 3.8) is 0 Å². The Bertz CT molecular complexity index is 1060. The maximum atomic E-state index is 12.6. The van der Waals surface area contributed by atoms with Crippen molar-refractivity contribution in [1.29, 1.82) is 0 Å². The number of carbonyl (C=O) groups is 2. The predicted octanol–water partition coefficient (Wildman–Crippen LogP) is 0.284. The summed E-state index contributed by atoms with van der Waals surface area (Å²) in [5.41, 5.74) is 8.85. The molecule has 3 rings (SSSR count). The van der Waals surface area contributed by atoms with Crippen molar-refractivity contribution in [2.75, 3.05) is 11.5 Å². The lowest BCUT2D eigenvalue weighted by Crippen LogP contribution is -2.25. The lowest BCUT2D eigenvalue weighted by molar-refractivity contribution is 0.0975. The molecule has 124 valence electrons. The first-order valence-corrected chi connectivity index (χ1v) is 7.83. The molecule has 0 spiro atoms. The monoisotopic (exact) mass is 350 g/mol. The number of hydrogen-bond donors (Lipinski definition) is 5. The molecule has 0 fully saturated rings. The predicted molar refractivity (Wildman–Crippen MR) is 81.7 cm³/mol. The van der Waals surface area contributed by atoms with E-state index in [1.807, 2.05) is 0 Å². The van der Waals surface area contributed by atoms with Crippen LogP contribution < -0.4 is 11.5 Å². The number of carbonyl (C=O) groups excluding carboxylic acids is 2. The van der Waals surface area contributed by atoms with Gasteiger partial charge in [0.2, 0.25) is 5.78 Å². The fraction of sp³-hybridized carbons (Fsp3) is 0. The average Bonchev–Trinajstić information content (AvgIpc) is 2.47. The van der Waals surface area contributed by atoms with Gasteiger partial charge in [-0.3, -0.25) is 14.1 Å². The minimum absolute atomic E-state index is 0.0930. The van der Waals surface area contributed by atoms with Gasteiger partial charge in [-0.05, 0) is 18.2 Å². The lowest BCUT2D eigenvalue weighted by atomic mass is 9.81. The number of nitrogen functional groups attached to an aromatic ring is 2. The van der Waals surface area contributed by atoms with Crippen molar-refractivity contribution >= 4 is 33.1 Å². The highest BCUT2D eigenvalue weighted by Crippen LogP contribution is 2.43. The molecule has 2 aromatic rings. The Morgan fingerprint density at radius 3 is 1.96 bits per heavy atom. The van der Waals surface area contributed by atoms with Crippen molar-refractivity contribution in [3.8, 4) is 11.5 Å². The summed E-state index contributed by atoms with van der Waals surface area (Å²) in [6.45, 7) is 0. The number of benzene rings is 2. The van der Waals surface area contributed by atoms with Crippen LogP contribution in [0.1, 0.15) is 31.8 Å². The molecule has 1 aliphatic rings. The van der Waals surface area contributed by atoms with E-state index >= 15 is 0 Å². The van der Waals surface area contributed by atoms with Gasteiger partial charge in [0.15, 0.2) is 5.78 Å². The normalized spacial score (nSPS) is 13.5. The first-order valence-electron chi connectivity index (χ1n) is 6.39. The fourth-order valence-electron chi connectivity index (χ4n) is 2.66. The third kappa shape index (κ3) is 1.94. The number of fused-ring (bicyclic) bond motifs is 2. The molecular weight excluding hydrogens is 340 g/mol. The number of phenolic OH excluding ortho intramolecular Hbond substituents is 2. The molecule has 0 aliphatic heterocycles. The third-order valence-electron chi connectivity index (χ3n) is 3.70. The number of anilines is 2. The first-order chi connectivity index (χ1) is 11.1. The maximum Gasteiger partial charge on any atom is 0.298 e. The van der Waals surface area contributed by atoms with E-state index in [1.54, 1.807) is 0 Å². The molecule has 10 heteroatoms. The summed E-state index contributed by atoms with van der Waals surface area (Å²) in [4.78, 5) is 24.2. The van der Waals surface area contributed by atoms with Crippen LogP contribution in [0.3, 0.4) is 0 Å². The Hall–Kier alpha value is -3.11. The molecule has 7 N–H and O–H groups in total. The number of aromatic hydroxyl groups is 2. The van der Waals surface area contributed by atoms with Gasteiger partial charge in [0.05, 0.1) is 22.3 Å². The van der Waals surface area contributed by atoms with Crippen LogP contribution in [0, 0.1) is 0 Å². The number of phenols is 2. The molecule has 0 heterocycles. The van der Waals surface area contributed by atoms with Crippen LogP contribution in [0.15, 0.2) is 23.1 Å². The largest absolute Gasteiger partial charge is 0.507 e. The summed E-state index contributed by atoms with van der Waals surface area (Å²) in [6, 6.07) is 2.96. The fourth-order valence-corrected chi connectivity index (χ4v) is 3.28. The van der Waals surface area contributed by atoms with Gasteiger partial charge in [-0.2, -0.15) is 8.42 Å². The maximum absolute atomic E-state index is 12.6. The molecular formula is C14H10N2O7S. The summed E-state index contributed by atoms with van der Waals surface area (Å²) in [6.07, 6.45) is 0. The van der Waals surface area contributed by atoms with E-state index in [-0.39, 0.29) is 11.3 Å². The quantitative estimate of drug-likeness (QED) is 0.234. The Morgan fingerprint density at radius 1 is 0.833 bits per heavy atom. The van der Waals surface area contributed by atoms with Gasteiger partial charge < -0.3 is 21.7 Å². The Morgan fingerprint density at radius 2 is 1.38 bits per heavy atom. The zero-order chi connectivity index (χ0) is 18.0. The smallest absolute Gasteiger partial charge is 0.298 e. The molecule has 0 bridgehead atoms. The van der Waals surface area contributed by atoms with E-state index in [2.05, 4.69) is 0 Å². The third-order valence-corrected chi connectivity index (χ3v) is 4.56. The second kappa shape index (κ2) is 4.69. The molecule has 0 aromatic heterocycles. The number of ketones is 2. The highest BCUT2D eigenvalue weighted by atomic mass is 32.2. The number of rotatable bonds is 1. The zero-order valence-corrected chi connectivity index (χ0v) is 12.6. The molecule has 0 saturated carbocycles. The Kier molecular flexibility index (Phi) is 3.08. The summed E-state index contributed by atoms with van der Waals surface area (Å²) in [5, 5.41) is 20.0. The van der Waals surface area contributed by atoms with Crippen LogP contribution in [0.2, 0.25) is 0 Å². The van der Waals surface area contributed by atoms with Crippen molar-refractivity contribution in [2.24, 2.45) is 0 Å². The van der Waals surface area contributed by atoms with Crippen LogP contribution >= 0.6 is 0 Å². The lowest BCUT2D eigenvalue weighted by Gasteiger charge is -2.22. The standard InChI is InChI=1S/C14H10N2O7S/c15-4-1-2-6(17)10-8(4)13(19)9-5(16)3-7(24(21,22)23)12(18)11(9)14(10)20/h1-3,17-18H,15-16H2,(H,21,22,23). The van der Waals surface area contributed by atoms with E-state index in [0.717, 1.165) is 6.07 Å². The summed E-state index contributed by atoms with van der Waals surface area (Å²) in [7, 11) is -4.91. The van der Waals surface area contributed by atoms with Gasteiger partial charge >= 0.3 is 0 Å². The van der Waals surface area contributed by atoms with Crippen LogP contribution in [-0.4, -0.2) is 34.8 Å². The average molecular weight is 350 g/mol. The molecule has 2 aromatic carbocycles. The highest BCUT2D eigenvalue weighted by Gasteiger charge is 2.39. The minimum Gasteiger partial charge on any atom is -0.507 e. The Balaban J connectivity index is 2.48. The van der Waals surface area contributed by atoms with E-state index in [1.165, 1.54) is 6.07 Å². The Labute approximate surface area is 134 Å². The van der Waals surface area contributed by atoms with Crippen molar-refractivity contribution < 1.29 is 32.8 Å². The molecule has 24 heavy (non-hydrogen) atoms. The van der Waals surface area contributed by atoms with Gasteiger partial charge in [0, 0.05) is 11.4 Å². The summed E-state index contributed by atoms with van der Waals surface area (Å²) >= 11 is 0. The minimum atomic E-state index is -4.91. The second-order valence-electron chi connectivity index (χ2n) is 5.12. The molecule has 0 amide bonds. The van der Waals surface area contributed by atoms with Crippen LogP contribution in [0.4, 0.5) is 11.4 Å². The van der Waals surface area contributed by atoms with E-state index in [0.29, 0.717) is 6.07 Å². The van der Waals surface area contributed by atoms with Crippen molar-refractivity contribution in [1.82, 2.24) is 0 Å². The van der Waals surface area contributed by atoms with Gasteiger partial charge in [0.1, 0.15) is 16.4 Å². The van der Waals surface area contributed by atoms with E-state index in [4.69, 9.17) is 16.0 Å². The van der Waals surface area contributed by atoms with E-state index in [9.17, 15) is 28.2 Å². The van der Waals surface area contributed by atoms with Crippen LogP contribution in [-0.2, 0) is 10.1 Å². The zero-order valence-electron chi connectivity index (χ0n) is 11.8. The van der Waals surface area contributed by atoms with Gasteiger partial charge in [-0.25, -0.2) is 0 Å². The van der Waals surface area contributed by atoms with Gasteiger partial charge in [0.25, 0.3) is 10.1 Å². The van der Waals surface area contributed by atoms with Crippen molar-refractivity contribution in [3.05, 3.63) is 40.5 Å². The van der Waals surface area contributed by atoms with Gasteiger partial charge in [-0.15, -0.1) is 0 Å². The highest BCUT2D eigenvalue weighted by molar-refractivity contribution is 7.86. The first kappa shape index (κ1) is 15.8. The number of hydrogen-bond acceptors (Lipinski definition) is 8. The second-order valence-corrected chi connectivity index (χ2v) is 6.51. The topological polar surface area (TPSA) is 181 Å².